The molecule has 0 saturated heterocycles. The van der Waals surface area contributed by atoms with Crippen molar-refractivity contribution in [3.8, 4) is 11.3 Å². The zero-order valence-corrected chi connectivity index (χ0v) is 23.3. The number of aromatic nitrogens is 1. The minimum Gasteiger partial charge on any atom is -0.457 e. The summed E-state index contributed by atoms with van der Waals surface area (Å²) in [6.45, 7) is 0. The van der Waals surface area contributed by atoms with E-state index in [1.54, 1.807) is 30.3 Å². The molecule has 5 aromatic rings. The number of halogens is 1. The van der Waals surface area contributed by atoms with Crippen molar-refractivity contribution in [2.45, 2.75) is 18.9 Å². The summed E-state index contributed by atoms with van der Waals surface area (Å²) in [6, 6.07) is 26.0. The molecule has 0 amide bonds. The number of allylic oxidation sites excluding steroid dienone is 1. The lowest BCUT2D eigenvalue weighted by Gasteiger charge is -2.30. The highest BCUT2D eigenvalue weighted by Gasteiger charge is 2.32. The maximum Gasteiger partial charge on any atom is 0.271 e. The molecule has 0 fully saturated rings. The molecule has 9 heteroatoms. The summed E-state index contributed by atoms with van der Waals surface area (Å²) < 4.78 is 9.33. The van der Waals surface area contributed by atoms with E-state index >= 15 is 0 Å². The Morgan fingerprint density at radius 2 is 1.77 bits per heavy atom. The molecule has 3 heterocycles. The molecule has 40 heavy (non-hydrogen) atoms. The molecule has 196 valence electrons. The van der Waals surface area contributed by atoms with Crippen LogP contribution in [0, 0.1) is 10.1 Å². The minimum absolute atomic E-state index is 0.0160. The van der Waals surface area contributed by atoms with Gasteiger partial charge in [0.15, 0.2) is 4.80 Å². The zero-order chi connectivity index (χ0) is 27.4. The Morgan fingerprint density at radius 1 is 1.00 bits per heavy atom. The van der Waals surface area contributed by atoms with E-state index in [0.717, 1.165) is 39.7 Å². The Morgan fingerprint density at radius 3 is 2.55 bits per heavy atom. The number of nitro benzene ring substituents is 1. The van der Waals surface area contributed by atoms with E-state index in [0.29, 0.717) is 26.4 Å². The van der Waals surface area contributed by atoms with E-state index in [2.05, 4.69) is 46.3 Å². The number of aryl methyl sites for hydroxylation is 1. The third-order valence-corrected chi connectivity index (χ3v) is 8.83. The molecule has 7 rings (SSSR count). The lowest BCUT2D eigenvalue weighted by Crippen LogP contribution is -2.38. The summed E-state index contributed by atoms with van der Waals surface area (Å²) in [5, 5.41) is 11.0. The van der Waals surface area contributed by atoms with Gasteiger partial charge in [0.05, 0.1) is 21.2 Å². The van der Waals surface area contributed by atoms with Crippen molar-refractivity contribution >= 4 is 44.7 Å². The van der Waals surface area contributed by atoms with Gasteiger partial charge in [0.1, 0.15) is 11.5 Å². The van der Waals surface area contributed by atoms with Crippen LogP contribution in [0.4, 0.5) is 5.69 Å². The van der Waals surface area contributed by atoms with Crippen molar-refractivity contribution in [2.75, 3.05) is 0 Å². The SMILES string of the molecule is O=c1/c(=C/c2ccc(-c3ccc([N+](=O)[O-])cc3)o2)sc2n1[C@@H](c1ccc(Br)cc1)C1=C(N=2)c2ccccc2CC1. The predicted molar refractivity (Wildman–Crippen MR) is 158 cm³/mol. The number of rotatable bonds is 4. The number of furan rings is 1. The van der Waals surface area contributed by atoms with Gasteiger partial charge in [-0.1, -0.05) is 63.7 Å². The largest absolute Gasteiger partial charge is 0.457 e. The summed E-state index contributed by atoms with van der Waals surface area (Å²) in [4.78, 5) is 30.2. The first-order chi connectivity index (χ1) is 19.5. The first-order valence-electron chi connectivity index (χ1n) is 12.7. The Hall–Kier alpha value is -4.34. The van der Waals surface area contributed by atoms with E-state index < -0.39 is 4.92 Å². The van der Waals surface area contributed by atoms with Gasteiger partial charge in [-0.15, -0.1) is 0 Å². The van der Waals surface area contributed by atoms with Crippen LogP contribution in [0.2, 0.25) is 0 Å². The normalized spacial score (nSPS) is 16.2. The molecular weight excluding hydrogens is 590 g/mol. The minimum atomic E-state index is -0.435. The summed E-state index contributed by atoms with van der Waals surface area (Å²) in [7, 11) is 0. The second-order valence-electron chi connectivity index (χ2n) is 9.67. The Balaban J connectivity index is 1.36. The van der Waals surface area contributed by atoms with E-state index in [1.165, 1.54) is 29.0 Å². The van der Waals surface area contributed by atoms with Crippen LogP contribution in [0.25, 0.3) is 23.1 Å². The maximum atomic E-state index is 13.9. The molecule has 3 aromatic carbocycles. The van der Waals surface area contributed by atoms with Crippen LogP contribution in [0.1, 0.15) is 34.9 Å². The lowest BCUT2D eigenvalue weighted by atomic mass is 9.83. The fourth-order valence-electron chi connectivity index (χ4n) is 5.43. The third-order valence-electron chi connectivity index (χ3n) is 7.32. The third kappa shape index (κ3) is 4.18. The van der Waals surface area contributed by atoms with E-state index in [-0.39, 0.29) is 17.3 Å². The molecule has 0 spiro atoms. The van der Waals surface area contributed by atoms with Gasteiger partial charge in [0.25, 0.3) is 11.2 Å². The molecule has 0 radical (unpaired) electrons. The molecule has 0 N–H and O–H groups in total. The van der Waals surface area contributed by atoms with Crippen LogP contribution in [0.3, 0.4) is 0 Å². The van der Waals surface area contributed by atoms with Crippen molar-refractivity contribution < 1.29 is 9.34 Å². The number of thiazole rings is 1. The molecule has 0 bridgehead atoms. The van der Waals surface area contributed by atoms with Crippen LogP contribution in [-0.2, 0) is 6.42 Å². The lowest BCUT2D eigenvalue weighted by molar-refractivity contribution is -0.384. The highest BCUT2D eigenvalue weighted by molar-refractivity contribution is 9.10. The predicted octanol–water partition coefficient (Wildman–Crippen LogP) is 6.25. The molecule has 1 aliphatic heterocycles. The summed E-state index contributed by atoms with van der Waals surface area (Å²) in [5.74, 6) is 1.08. The molecule has 0 unspecified atom stereocenters. The fourth-order valence-corrected chi connectivity index (χ4v) is 6.67. The van der Waals surface area contributed by atoms with Gasteiger partial charge in [-0.3, -0.25) is 19.5 Å². The second kappa shape index (κ2) is 9.69. The van der Waals surface area contributed by atoms with Gasteiger partial charge >= 0.3 is 0 Å². The van der Waals surface area contributed by atoms with Crippen molar-refractivity contribution in [1.29, 1.82) is 0 Å². The average molecular weight is 610 g/mol. The number of benzene rings is 3. The summed E-state index contributed by atoms with van der Waals surface area (Å²) in [5.41, 5.74) is 6.16. The second-order valence-corrected chi connectivity index (χ2v) is 11.6. The Kier molecular flexibility index (Phi) is 5.98. The number of hydrogen-bond acceptors (Lipinski definition) is 6. The number of non-ortho nitro benzene ring substituents is 1. The van der Waals surface area contributed by atoms with Crippen LogP contribution >= 0.6 is 27.3 Å². The highest BCUT2D eigenvalue weighted by Crippen LogP contribution is 2.41. The number of nitrogens with zero attached hydrogens (tertiary/aromatic N) is 3. The van der Waals surface area contributed by atoms with E-state index in [1.807, 2.05) is 22.8 Å². The summed E-state index contributed by atoms with van der Waals surface area (Å²) in [6.07, 6.45) is 3.48. The Bertz CT molecular complexity index is 2020. The quantitative estimate of drug-likeness (QED) is 0.178. The van der Waals surface area contributed by atoms with Gasteiger partial charge in [-0.25, -0.2) is 4.99 Å². The van der Waals surface area contributed by atoms with Crippen LogP contribution in [0.5, 0.6) is 0 Å². The van der Waals surface area contributed by atoms with Crippen molar-refractivity contribution in [2.24, 2.45) is 4.99 Å². The average Bonchev–Trinajstić information content (AvgIpc) is 3.57. The molecule has 2 aromatic heterocycles. The first-order valence-corrected chi connectivity index (χ1v) is 14.3. The maximum absolute atomic E-state index is 13.9. The van der Waals surface area contributed by atoms with Crippen molar-refractivity contribution in [3.05, 3.63) is 147 Å². The van der Waals surface area contributed by atoms with Gasteiger partial charge in [0, 0.05) is 33.8 Å². The topological polar surface area (TPSA) is 90.6 Å². The van der Waals surface area contributed by atoms with E-state index in [4.69, 9.17) is 9.41 Å². The van der Waals surface area contributed by atoms with Crippen molar-refractivity contribution in [3.63, 3.8) is 0 Å². The van der Waals surface area contributed by atoms with Crippen LogP contribution in [-0.4, -0.2) is 9.49 Å². The first kappa shape index (κ1) is 24.7. The monoisotopic (exact) mass is 609 g/mol. The number of hydrogen-bond donors (Lipinski definition) is 0. The summed E-state index contributed by atoms with van der Waals surface area (Å²) >= 11 is 4.88. The fraction of sp³-hybridized carbons (Fsp3) is 0.0968. The van der Waals surface area contributed by atoms with Crippen LogP contribution in [0.15, 0.2) is 109 Å². The highest BCUT2D eigenvalue weighted by atomic mass is 79.9. The Labute approximate surface area is 240 Å². The molecule has 7 nitrogen and oxygen atoms in total. The van der Waals surface area contributed by atoms with Gasteiger partial charge < -0.3 is 4.42 Å². The number of nitro groups is 1. The zero-order valence-electron chi connectivity index (χ0n) is 20.9. The molecule has 0 saturated carbocycles. The van der Waals surface area contributed by atoms with Gasteiger partial charge in [-0.05, 0) is 65.9 Å². The van der Waals surface area contributed by atoms with Gasteiger partial charge in [0.2, 0.25) is 0 Å². The van der Waals surface area contributed by atoms with Crippen molar-refractivity contribution in [1.82, 2.24) is 4.57 Å². The molecule has 1 aliphatic carbocycles. The molecule has 2 aliphatic rings. The van der Waals surface area contributed by atoms with E-state index in [9.17, 15) is 14.9 Å². The molecule has 1 atom stereocenters. The standard InChI is InChI=1S/C31H20BrN3O4S/c32-21-10-5-20(6-11-21)29-25-15-9-18-3-1-2-4-24(18)28(25)33-31-34(29)30(36)27(40-31)17-23-14-16-26(39-23)19-7-12-22(13-8-19)35(37)38/h1-8,10-14,16-17,29H,9,15H2/b27-17-/t29-/m0/s1. The smallest absolute Gasteiger partial charge is 0.271 e. The molecular formula is C31H20BrN3O4S. The van der Waals surface area contributed by atoms with Crippen LogP contribution < -0.4 is 14.9 Å². The van der Waals surface area contributed by atoms with Gasteiger partial charge in [-0.2, -0.15) is 0 Å². The number of fused-ring (bicyclic) bond motifs is 3.